The zero-order valence-corrected chi connectivity index (χ0v) is 12.9. The number of benzene rings is 2. The Kier molecular flexibility index (Phi) is 3.47. The molecule has 1 N–H and O–H groups in total. The quantitative estimate of drug-likeness (QED) is 0.736. The zero-order valence-electron chi connectivity index (χ0n) is 11.3. The summed E-state index contributed by atoms with van der Waals surface area (Å²) >= 11 is 3.40. The van der Waals surface area contributed by atoms with E-state index in [2.05, 4.69) is 20.9 Å². The smallest absolute Gasteiger partial charge is 0.336 e. The molecule has 0 bridgehead atoms. The summed E-state index contributed by atoms with van der Waals surface area (Å²) in [6, 6.07) is 14.9. The predicted octanol–water partition coefficient (Wildman–Crippen LogP) is 4.67. The van der Waals surface area contributed by atoms with Gasteiger partial charge < -0.3 is 5.11 Å². The lowest BCUT2D eigenvalue weighted by molar-refractivity contribution is 0.0699. The van der Waals surface area contributed by atoms with Crippen LogP contribution in [0.5, 0.6) is 0 Å². The summed E-state index contributed by atoms with van der Waals surface area (Å²) in [7, 11) is 0. The highest BCUT2D eigenvalue weighted by Gasteiger charge is 2.13. The first kappa shape index (κ1) is 13.8. The number of pyridine rings is 1. The maximum atomic E-state index is 11.5. The highest BCUT2D eigenvalue weighted by molar-refractivity contribution is 9.10. The fourth-order valence-corrected chi connectivity index (χ4v) is 2.68. The summed E-state index contributed by atoms with van der Waals surface area (Å²) in [5, 5.41) is 10.1. The molecule has 0 saturated heterocycles. The third kappa shape index (κ3) is 2.67. The minimum Gasteiger partial charge on any atom is -0.478 e. The van der Waals surface area contributed by atoms with Crippen LogP contribution < -0.4 is 0 Å². The third-order valence-electron chi connectivity index (χ3n) is 3.32. The van der Waals surface area contributed by atoms with Gasteiger partial charge in [-0.1, -0.05) is 45.8 Å². The highest BCUT2D eigenvalue weighted by atomic mass is 79.9. The zero-order chi connectivity index (χ0) is 15.0. The molecule has 0 fully saturated rings. The first-order valence-corrected chi connectivity index (χ1v) is 7.24. The third-order valence-corrected chi connectivity index (χ3v) is 3.81. The van der Waals surface area contributed by atoms with Crippen LogP contribution in [0.25, 0.3) is 22.2 Å². The number of aromatic carboxylic acids is 1. The van der Waals surface area contributed by atoms with Gasteiger partial charge in [0.25, 0.3) is 0 Å². The van der Waals surface area contributed by atoms with E-state index in [0.717, 1.165) is 15.6 Å². The number of carboxylic acids is 1. The number of halogens is 1. The van der Waals surface area contributed by atoms with Crippen molar-refractivity contribution in [1.29, 1.82) is 0 Å². The molecule has 0 amide bonds. The van der Waals surface area contributed by atoms with Gasteiger partial charge >= 0.3 is 5.97 Å². The molecule has 0 spiro atoms. The summed E-state index contributed by atoms with van der Waals surface area (Å²) in [6.45, 7) is 2.00. The minimum atomic E-state index is -0.946. The Morgan fingerprint density at radius 1 is 1.14 bits per heavy atom. The molecule has 0 saturated carbocycles. The maximum Gasteiger partial charge on any atom is 0.336 e. The fourth-order valence-electron chi connectivity index (χ4n) is 2.33. The molecule has 1 heterocycles. The highest BCUT2D eigenvalue weighted by Crippen LogP contribution is 2.27. The van der Waals surface area contributed by atoms with Gasteiger partial charge in [0.05, 0.1) is 16.8 Å². The lowest BCUT2D eigenvalue weighted by Gasteiger charge is -2.08. The van der Waals surface area contributed by atoms with Gasteiger partial charge in [0, 0.05) is 15.4 Å². The van der Waals surface area contributed by atoms with Crippen LogP contribution in [0.3, 0.4) is 0 Å². The molecule has 0 aliphatic rings. The first-order valence-electron chi connectivity index (χ1n) is 6.45. The molecule has 0 atom stereocenters. The number of rotatable bonds is 2. The number of fused-ring (bicyclic) bond motifs is 1. The Labute approximate surface area is 130 Å². The Morgan fingerprint density at radius 2 is 1.95 bits per heavy atom. The predicted molar refractivity (Wildman–Crippen MR) is 86.6 cm³/mol. The van der Waals surface area contributed by atoms with E-state index < -0.39 is 5.97 Å². The average Bonchev–Trinajstić information content (AvgIpc) is 2.45. The van der Waals surface area contributed by atoms with Crippen molar-refractivity contribution in [2.45, 2.75) is 6.92 Å². The van der Waals surface area contributed by atoms with E-state index in [1.807, 2.05) is 43.3 Å². The van der Waals surface area contributed by atoms with Crippen LogP contribution in [-0.2, 0) is 0 Å². The molecule has 2 aromatic carbocycles. The van der Waals surface area contributed by atoms with Crippen molar-refractivity contribution in [2.24, 2.45) is 0 Å². The fraction of sp³-hybridized carbons (Fsp3) is 0.0588. The van der Waals surface area contributed by atoms with Crippen LogP contribution in [0.15, 0.2) is 53.0 Å². The van der Waals surface area contributed by atoms with Gasteiger partial charge in [0.15, 0.2) is 0 Å². The Balaban J connectivity index is 2.32. The topological polar surface area (TPSA) is 50.2 Å². The van der Waals surface area contributed by atoms with Crippen LogP contribution >= 0.6 is 15.9 Å². The SMILES string of the molecule is Cc1cccc(-c2cc(C(=O)O)c3ccc(Br)cc3n2)c1. The second kappa shape index (κ2) is 5.30. The van der Waals surface area contributed by atoms with Gasteiger partial charge in [0.2, 0.25) is 0 Å². The first-order chi connectivity index (χ1) is 10.0. The number of carbonyl (C=O) groups is 1. The summed E-state index contributed by atoms with van der Waals surface area (Å²) in [4.78, 5) is 16.1. The monoisotopic (exact) mass is 341 g/mol. The number of aryl methyl sites for hydroxylation is 1. The molecule has 0 unspecified atom stereocenters. The Hall–Kier alpha value is -2.20. The van der Waals surface area contributed by atoms with Gasteiger partial charge in [-0.15, -0.1) is 0 Å². The van der Waals surface area contributed by atoms with Gasteiger partial charge in [-0.25, -0.2) is 9.78 Å². The van der Waals surface area contributed by atoms with Crippen molar-refractivity contribution in [3.63, 3.8) is 0 Å². The largest absolute Gasteiger partial charge is 0.478 e. The molecule has 3 nitrogen and oxygen atoms in total. The van der Waals surface area contributed by atoms with Crippen molar-refractivity contribution in [1.82, 2.24) is 4.98 Å². The molecule has 0 aliphatic carbocycles. The second-order valence-electron chi connectivity index (χ2n) is 4.89. The van der Waals surface area contributed by atoms with Crippen LogP contribution in [0, 0.1) is 6.92 Å². The van der Waals surface area contributed by atoms with Crippen LogP contribution in [0.4, 0.5) is 0 Å². The molecule has 0 radical (unpaired) electrons. The Bertz CT molecular complexity index is 859. The van der Waals surface area contributed by atoms with E-state index in [1.165, 1.54) is 0 Å². The van der Waals surface area contributed by atoms with E-state index in [4.69, 9.17) is 0 Å². The summed E-state index contributed by atoms with van der Waals surface area (Å²) in [6.07, 6.45) is 0. The lowest BCUT2D eigenvalue weighted by Crippen LogP contribution is -2.00. The molecule has 4 heteroatoms. The molecule has 104 valence electrons. The van der Waals surface area contributed by atoms with E-state index in [-0.39, 0.29) is 5.56 Å². The van der Waals surface area contributed by atoms with Crippen molar-refractivity contribution in [3.05, 3.63) is 64.1 Å². The normalized spacial score (nSPS) is 10.8. The molecule has 1 aromatic heterocycles. The molecular formula is C17H12BrNO2. The van der Waals surface area contributed by atoms with Crippen molar-refractivity contribution in [3.8, 4) is 11.3 Å². The molecule has 3 aromatic rings. The minimum absolute atomic E-state index is 0.268. The lowest BCUT2D eigenvalue weighted by atomic mass is 10.0. The van der Waals surface area contributed by atoms with Crippen molar-refractivity contribution in [2.75, 3.05) is 0 Å². The standard InChI is InChI=1S/C17H12BrNO2/c1-10-3-2-4-11(7-10)15-9-14(17(20)21)13-6-5-12(18)8-16(13)19-15/h2-9H,1H3,(H,20,21). The maximum absolute atomic E-state index is 11.5. The number of hydrogen-bond donors (Lipinski definition) is 1. The summed E-state index contributed by atoms with van der Waals surface area (Å²) < 4.78 is 0.875. The van der Waals surface area contributed by atoms with Crippen molar-refractivity contribution < 1.29 is 9.90 Å². The number of aromatic nitrogens is 1. The molecule has 21 heavy (non-hydrogen) atoms. The Morgan fingerprint density at radius 3 is 2.67 bits per heavy atom. The summed E-state index contributed by atoms with van der Waals surface area (Å²) in [5.41, 5.74) is 3.63. The number of hydrogen-bond acceptors (Lipinski definition) is 2. The summed E-state index contributed by atoms with van der Waals surface area (Å²) in [5.74, 6) is -0.946. The molecule has 3 rings (SSSR count). The van der Waals surface area contributed by atoms with Gasteiger partial charge in [-0.05, 0) is 31.2 Å². The van der Waals surface area contributed by atoms with E-state index in [1.54, 1.807) is 12.1 Å². The second-order valence-corrected chi connectivity index (χ2v) is 5.81. The molecule has 0 aliphatic heterocycles. The van der Waals surface area contributed by atoms with E-state index >= 15 is 0 Å². The van der Waals surface area contributed by atoms with Crippen LogP contribution in [0.1, 0.15) is 15.9 Å². The van der Waals surface area contributed by atoms with Gasteiger partial charge in [-0.2, -0.15) is 0 Å². The van der Waals surface area contributed by atoms with Crippen molar-refractivity contribution >= 4 is 32.8 Å². The number of carboxylic acid groups (broad SMARTS) is 1. The van der Waals surface area contributed by atoms with Crippen LogP contribution in [-0.4, -0.2) is 16.1 Å². The average molecular weight is 342 g/mol. The van der Waals surface area contributed by atoms with Gasteiger partial charge in [-0.3, -0.25) is 0 Å². The van der Waals surface area contributed by atoms with Gasteiger partial charge in [0.1, 0.15) is 0 Å². The van der Waals surface area contributed by atoms with E-state index in [0.29, 0.717) is 16.6 Å². The molecular weight excluding hydrogens is 330 g/mol. The van der Waals surface area contributed by atoms with Crippen LogP contribution in [0.2, 0.25) is 0 Å². The van der Waals surface area contributed by atoms with E-state index in [9.17, 15) is 9.90 Å². The number of nitrogens with zero attached hydrogens (tertiary/aromatic N) is 1.